The molecular formula is C23H29N5O2. The van der Waals surface area contributed by atoms with Gasteiger partial charge in [0.15, 0.2) is 0 Å². The fourth-order valence-electron chi connectivity index (χ4n) is 5.72. The zero-order chi connectivity index (χ0) is 20.7. The van der Waals surface area contributed by atoms with Gasteiger partial charge in [-0.1, -0.05) is 12.1 Å². The molecule has 2 bridgehead atoms. The van der Waals surface area contributed by atoms with Crippen LogP contribution in [0.2, 0.25) is 0 Å². The predicted molar refractivity (Wildman–Crippen MR) is 113 cm³/mol. The van der Waals surface area contributed by atoms with E-state index in [4.69, 9.17) is 0 Å². The maximum absolute atomic E-state index is 12.6. The van der Waals surface area contributed by atoms with E-state index >= 15 is 0 Å². The summed E-state index contributed by atoms with van der Waals surface area (Å²) in [5.41, 5.74) is 2.20. The third kappa shape index (κ3) is 3.65. The van der Waals surface area contributed by atoms with Crippen LogP contribution in [0.4, 0.5) is 5.69 Å². The molecule has 7 heteroatoms. The highest BCUT2D eigenvalue weighted by Gasteiger charge is 2.43. The molecule has 5 rings (SSSR count). The van der Waals surface area contributed by atoms with Gasteiger partial charge in [-0.15, -0.1) is 0 Å². The highest BCUT2D eigenvalue weighted by molar-refractivity contribution is 5.83. The van der Waals surface area contributed by atoms with Crippen molar-refractivity contribution in [2.24, 2.45) is 5.92 Å². The topological polar surface area (TPSA) is 88.5 Å². The standard InChI is InChI=1S/C23H29N5O2/c24-13-18(26-23(30)22-16-3-4-17(12-16)25-22)11-15-1-5-19(6-2-15)27-9-10-28-20(14-27)7-8-21(28)29/h1-2,5-6,16-18,20,22,25H,3-4,7-12,14H2,(H,26,30)/t16-,17?,18-,20?,22-/m0/s1. The first-order valence-electron chi connectivity index (χ1n) is 11.2. The number of fused-ring (bicyclic) bond motifs is 3. The molecule has 7 nitrogen and oxygen atoms in total. The first-order chi connectivity index (χ1) is 14.6. The Kier molecular flexibility index (Phi) is 5.11. The van der Waals surface area contributed by atoms with Crippen molar-refractivity contribution in [2.75, 3.05) is 24.5 Å². The summed E-state index contributed by atoms with van der Waals surface area (Å²) in [6, 6.07) is 10.7. The van der Waals surface area contributed by atoms with E-state index in [1.54, 1.807) is 0 Å². The zero-order valence-corrected chi connectivity index (χ0v) is 17.2. The second kappa shape index (κ2) is 7.92. The Morgan fingerprint density at radius 2 is 2.07 bits per heavy atom. The lowest BCUT2D eigenvalue weighted by Gasteiger charge is -2.38. The quantitative estimate of drug-likeness (QED) is 0.766. The Morgan fingerprint density at radius 1 is 1.23 bits per heavy atom. The van der Waals surface area contributed by atoms with E-state index in [0.29, 0.717) is 36.8 Å². The minimum Gasteiger partial charge on any atom is -0.368 e. The summed E-state index contributed by atoms with van der Waals surface area (Å²) in [6.45, 7) is 2.54. The van der Waals surface area contributed by atoms with Crippen molar-refractivity contribution in [3.05, 3.63) is 29.8 Å². The van der Waals surface area contributed by atoms with Gasteiger partial charge in [0, 0.05) is 50.2 Å². The molecule has 3 heterocycles. The number of hydrogen-bond acceptors (Lipinski definition) is 5. The zero-order valence-electron chi connectivity index (χ0n) is 17.2. The molecule has 1 aliphatic carbocycles. The molecule has 3 saturated heterocycles. The highest BCUT2D eigenvalue weighted by Crippen LogP contribution is 2.35. The van der Waals surface area contributed by atoms with Crippen LogP contribution in [-0.4, -0.2) is 60.5 Å². The molecule has 4 aliphatic rings. The highest BCUT2D eigenvalue weighted by atomic mass is 16.2. The van der Waals surface area contributed by atoms with Gasteiger partial charge in [-0.3, -0.25) is 9.59 Å². The second-order valence-corrected chi connectivity index (χ2v) is 9.20. The van der Waals surface area contributed by atoms with Crippen LogP contribution in [0.1, 0.15) is 37.7 Å². The van der Waals surface area contributed by atoms with Crippen molar-refractivity contribution in [3.8, 4) is 6.07 Å². The average molecular weight is 408 g/mol. The average Bonchev–Trinajstić information content (AvgIpc) is 3.50. The lowest BCUT2D eigenvalue weighted by atomic mass is 9.98. The molecule has 2 amide bonds. The van der Waals surface area contributed by atoms with Gasteiger partial charge in [-0.2, -0.15) is 5.26 Å². The first-order valence-corrected chi connectivity index (χ1v) is 11.2. The maximum atomic E-state index is 12.6. The largest absolute Gasteiger partial charge is 0.368 e. The molecule has 1 aromatic carbocycles. The number of nitriles is 1. The van der Waals surface area contributed by atoms with Crippen molar-refractivity contribution in [2.45, 2.75) is 62.7 Å². The third-order valence-electron chi connectivity index (χ3n) is 7.35. The van der Waals surface area contributed by atoms with E-state index in [1.165, 1.54) is 0 Å². The first kappa shape index (κ1) is 19.4. The maximum Gasteiger partial charge on any atom is 0.238 e. The molecule has 0 radical (unpaired) electrons. The van der Waals surface area contributed by atoms with E-state index in [0.717, 1.165) is 56.6 Å². The van der Waals surface area contributed by atoms with Crippen LogP contribution in [-0.2, 0) is 16.0 Å². The molecule has 30 heavy (non-hydrogen) atoms. The third-order valence-corrected chi connectivity index (χ3v) is 7.35. The molecule has 158 valence electrons. The molecule has 4 fully saturated rings. The van der Waals surface area contributed by atoms with Gasteiger partial charge in [0.1, 0.15) is 6.04 Å². The normalized spacial score (nSPS) is 30.8. The summed E-state index contributed by atoms with van der Waals surface area (Å²) in [5, 5.41) is 15.9. The van der Waals surface area contributed by atoms with Crippen molar-refractivity contribution in [1.29, 1.82) is 5.26 Å². The van der Waals surface area contributed by atoms with Crippen LogP contribution >= 0.6 is 0 Å². The summed E-state index contributed by atoms with van der Waals surface area (Å²) in [7, 11) is 0. The number of amides is 2. The molecular weight excluding hydrogens is 378 g/mol. The van der Waals surface area contributed by atoms with Gasteiger partial charge in [0.05, 0.1) is 12.1 Å². The monoisotopic (exact) mass is 407 g/mol. The Hall–Kier alpha value is -2.59. The van der Waals surface area contributed by atoms with Gasteiger partial charge in [0.2, 0.25) is 11.8 Å². The molecule has 0 spiro atoms. The Morgan fingerprint density at radius 3 is 2.77 bits per heavy atom. The van der Waals surface area contributed by atoms with Crippen LogP contribution in [0.3, 0.4) is 0 Å². The molecule has 2 unspecified atom stereocenters. The number of carbonyl (C=O) groups is 2. The number of carbonyl (C=O) groups excluding carboxylic acids is 2. The number of nitrogens with zero attached hydrogens (tertiary/aromatic N) is 3. The van der Waals surface area contributed by atoms with Crippen LogP contribution in [0, 0.1) is 17.2 Å². The number of hydrogen-bond donors (Lipinski definition) is 2. The summed E-state index contributed by atoms with van der Waals surface area (Å²) >= 11 is 0. The Bertz CT molecular complexity index is 863. The number of nitrogens with one attached hydrogen (secondary N) is 2. The van der Waals surface area contributed by atoms with Crippen LogP contribution < -0.4 is 15.5 Å². The predicted octanol–water partition coefficient (Wildman–Crippen LogP) is 1.19. The van der Waals surface area contributed by atoms with Crippen molar-refractivity contribution >= 4 is 17.5 Å². The molecule has 1 aromatic rings. The molecule has 5 atom stereocenters. The van der Waals surface area contributed by atoms with E-state index in [1.807, 2.05) is 17.0 Å². The van der Waals surface area contributed by atoms with Crippen molar-refractivity contribution in [3.63, 3.8) is 0 Å². The second-order valence-electron chi connectivity index (χ2n) is 9.20. The summed E-state index contributed by atoms with van der Waals surface area (Å²) < 4.78 is 0. The lowest BCUT2D eigenvalue weighted by Crippen LogP contribution is -2.51. The summed E-state index contributed by atoms with van der Waals surface area (Å²) in [4.78, 5) is 28.8. The fourth-order valence-corrected chi connectivity index (χ4v) is 5.72. The number of rotatable bonds is 5. The van der Waals surface area contributed by atoms with Gasteiger partial charge >= 0.3 is 0 Å². The molecule has 2 N–H and O–H groups in total. The fraction of sp³-hybridized carbons (Fsp3) is 0.609. The van der Waals surface area contributed by atoms with Gasteiger partial charge < -0.3 is 20.4 Å². The van der Waals surface area contributed by atoms with E-state index in [2.05, 4.69) is 33.7 Å². The molecule has 1 saturated carbocycles. The molecule has 0 aromatic heterocycles. The lowest BCUT2D eigenvalue weighted by molar-refractivity contribution is -0.129. The number of anilines is 1. The van der Waals surface area contributed by atoms with E-state index in [9.17, 15) is 14.9 Å². The summed E-state index contributed by atoms with van der Waals surface area (Å²) in [5.74, 6) is 0.679. The molecule has 3 aliphatic heterocycles. The number of piperidine rings is 1. The van der Waals surface area contributed by atoms with Crippen LogP contribution in [0.5, 0.6) is 0 Å². The van der Waals surface area contributed by atoms with Gasteiger partial charge in [-0.05, 0) is 49.3 Å². The van der Waals surface area contributed by atoms with E-state index in [-0.39, 0.29) is 11.9 Å². The Balaban J connectivity index is 1.17. The minimum atomic E-state index is -0.516. The Labute approximate surface area is 177 Å². The van der Waals surface area contributed by atoms with Crippen molar-refractivity contribution in [1.82, 2.24) is 15.5 Å². The van der Waals surface area contributed by atoms with Crippen LogP contribution in [0.15, 0.2) is 24.3 Å². The minimum absolute atomic E-state index is 0.0330. The van der Waals surface area contributed by atoms with Crippen LogP contribution in [0.25, 0.3) is 0 Å². The SMILES string of the molecule is N#C[C@H](Cc1ccc(N2CCN3C(=O)CCC3C2)cc1)NC(=O)[C@H]1NC2CC[C@H]1C2. The van der Waals surface area contributed by atoms with E-state index < -0.39 is 6.04 Å². The van der Waals surface area contributed by atoms with Gasteiger partial charge in [0.25, 0.3) is 0 Å². The van der Waals surface area contributed by atoms with Crippen molar-refractivity contribution < 1.29 is 9.59 Å². The number of piperazine rings is 1. The van der Waals surface area contributed by atoms with Gasteiger partial charge in [-0.25, -0.2) is 0 Å². The summed E-state index contributed by atoms with van der Waals surface area (Å²) in [6.07, 6.45) is 5.49. The number of benzene rings is 1. The smallest absolute Gasteiger partial charge is 0.238 e.